The van der Waals surface area contributed by atoms with Crippen molar-refractivity contribution >= 4 is 16.9 Å². The van der Waals surface area contributed by atoms with E-state index in [1.807, 2.05) is 0 Å². The van der Waals surface area contributed by atoms with Crippen molar-refractivity contribution in [2.24, 2.45) is 0 Å². The molecule has 0 unspecified atom stereocenters. The van der Waals surface area contributed by atoms with Crippen LogP contribution in [0.2, 0.25) is 0 Å². The van der Waals surface area contributed by atoms with E-state index in [4.69, 9.17) is 10.5 Å². The minimum absolute atomic E-state index is 0.0315. The quantitative estimate of drug-likeness (QED) is 0.759. The molecule has 3 N–H and O–H groups in total. The monoisotopic (exact) mass is 309 g/mol. The van der Waals surface area contributed by atoms with E-state index >= 15 is 0 Å². The molecule has 0 amide bonds. The Morgan fingerprint density at radius 2 is 1.95 bits per heavy atom. The number of ether oxygens (including phenoxy) is 1. The maximum absolute atomic E-state index is 13.0. The first kappa shape index (κ1) is 14.1. The van der Waals surface area contributed by atoms with Crippen molar-refractivity contribution in [3.8, 4) is 17.0 Å². The van der Waals surface area contributed by atoms with Crippen LogP contribution < -0.4 is 10.5 Å². The fraction of sp³-hybridized carbons (Fsp3) is 0.154. The summed E-state index contributed by atoms with van der Waals surface area (Å²) in [5, 5.41) is 6.82. The number of aromatic nitrogens is 4. The summed E-state index contributed by atoms with van der Waals surface area (Å²) in [7, 11) is 1.35. The zero-order chi connectivity index (χ0) is 15.9. The highest BCUT2D eigenvalue weighted by molar-refractivity contribution is 5.96. The van der Waals surface area contributed by atoms with Crippen molar-refractivity contribution in [3.05, 3.63) is 30.1 Å². The lowest BCUT2D eigenvalue weighted by Gasteiger charge is -2.12. The van der Waals surface area contributed by atoms with Crippen LogP contribution in [0, 0.1) is 0 Å². The maximum atomic E-state index is 13.0. The number of benzene rings is 1. The zero-order valence-electron chi connectivity index (χ0n) is 11.3. The standard InChI is InChI=1S/C13H10F3N5O/c1-22-11-9(4-18-12(17)20-11)7-2-6(13(14,15)16)3-10-8(7)5-19-21-10/h2-5H,1H3,(H,19,21)(H2,17,18,20). The number of nitrogens with one attached hydrogen (secondary N) is 1. The van der Waals surface area contributed by atoms with Gasteiger partial charge in [-0.3, -0.25) is 5.10 Å². The number of aromatic amines is 1. The van der Waals surface area contributed by atoms with E-state index in [2.05, 4.69) is 20.2 Å². The van der Waals surface area contributed by atoms with Crippen LogP contribution >= 0.6 is 0 Å². The van der Waals surface area contributed by atoms with E-state index in [0.717, 1.165) is 12.1 Å². The van der Waals surface area contributed by atoms with Crippen LogP contribution in [0.25, 0.3) is 22.0 Å². The van der Waals surface area contributed by atoms with Gasteiger partial charge < -0.3 is 10.5 Å². The van der Waals surface area contributed by atoms with Crippen LogP contribution in [0.3, 0.4) is 0 Å². The summed E-state index contributed by atoms with van der Waals surface area (Å²) in [5.41, 5.74) is 5.48. The highest BCUT2D eigenvalue weighted by Gasteiger charge is 2.32. The molecule has 2 heterocycles. The van der Waals surface area contributed by atoms with Crippen molar-refractivity contribution < 1.29 is 17.9 Å². The fourth-order valence-corrected chi connectivity index (χ4v) is 2.16. The average molecular weight is 309 g/mol. The van der Waals surface area contributed by atoms with Crippen molar-refractivity contribution in [2.45, 2.75) is 6.18 Å². The number of nitrogens with zero attached hydrogens (tertiary/aromatic N) is 3. The van der Waals surface area contributed by atoms with E-state index in [9.17, 15) is 13.2 Å². The van der Waals surface area contributed by atoms with Gasteiger partial charge in [-0.1, -0.05) is 0 Å². The van der Waals surface area contributed by atoms with E-state index in [0.29, 0.717) is 10.9 Å². The largest absolute Gasteiger partial charge is 0.480 e. The van der Waals surface area contributed by atoms with Crippen molar-refractivity contribution in [3.63, 3.8) is 0 Å². The molecule has 114 valence electrons. The number of methoxy groups -OCH3 is 1. The fourth-order valence-electron chi connectivity index (χ4n) is 2.16. The second-order valence-electron chi connectivity index (χ2n) is 4.50. The Balaban J connectivity index is 2.32. The molecule has 6 nitrogen and oxygen atoms in total. The lowest BCUT2D eigenvalue weighted by Crippen LogP contribution is -2.05. The second-order valence-corrected chi connectivity index (χ2v) is 4.50. The molecule has 0 aliphatic heterocycles. The Morgan fingerprint density at radius 3 is 2.64 bits per heavy atom. The van der Waals surface area contributed by atoms with E-state index in [1.165, 1.54) is 19.5 Å². The molecule has 1 aromatic carbocycles. The number of hydrogen-bond acceptors (Lipinski definition) is 5. The summed E-state index contributed by atoms with van der Waals surface area (Å²) in [5.74, 6) is 0.0605. The van der Waals surface area contributed by atoms with Gasteiger partial charge in [-0.25, -0.2) is 4.98 Å². The maximum Gasteiger partial charge on any atom is 0.416 e. The predicted octanol–water partition coefficient (Wildman–Crippen LogP) is 2.63. The van der Waals surface area contributed by atoms with Crippen LogP contribution in [0.1, 0.15) is 5.56 Å². The van der Waals surface area contributed by atoms with E-state index in [-0.39, 0.29) is 22.9 Å². The first-order valence-corrected chi connectivity index (χ1v) is 6.11. The number of halogens is 3. The number of nitrogens with two attached hydrogens (primary N) is 1. The number of rotatable bonds is 2. The number of anilines is 1. The molecule has 9 heteroatoms. The third-order valence-electron chi connectivity index (χ3n) is 3.14. The van der Waals surface area contributed by atoms with Gasteiger partial charge in [0.1, 0.15) is 0 Å². The smallest absolute Gasteiger partial charge is 0.416 e. The Bertz CT molecular complexity index is 843. The predicted molar refractivity (Wildman–Crippen MR) is 73.1 cm³/mol. The normalized spacial score (nSPS) is 11.8. The summed E-state index contributed by atoms with van der Waals surface area (Å²) in [6.07, 6.45) is -1.74. The summed E-state index contributed by atoms with van der Waals surface area (Å²) in [6, 6.07) is 2.01. The molecule has 0 bridgehead atoms. The lowest BCUT2D eigenvalue weighted by molar-refractivity contribution is -0.137. The molecular formula is C13H10F3N5O. The molecule has 0 atom stereocenters. The Hall–Kier alpha value is -2.84. The van der Waals surface area contributed by atoms with Gasteiger partial charge in [-0.2, -0.15) is 23.3 Å². The molecule has 2 aromatic heterocycles. The van der Waals surface area contributed by atoms with Gasteiger partial charge in [0.05, 0.1) is 30.0 Å². The Labute approximate surface area is 122 Å². The van der Waals surface area contributed by atoms with Gasteiger partial charge in [-0.15, -0.1) is 0 Å². The second kappa shape index (κ2) is 4.86. The first-order chi connectivity index (χ1) is 10.4. The molecule has 0 radical (unpaired) electrons. The highest BCUT2D eigenvalue weighted by atomic mass is 19.4. The molecular weight excluding hydrogens is 299 g/mol. The van der Waals surface area contributed by atoms with E-state index in [1.54, 1.807) is 0 Å². The topological polar surface area (TPSA) is 89.7 Å². The van der Waals surface area contributed by atoms with Crippen LogP contribution in [-0.2, 0) is 6.18 Å². The van der Waals surface area contributed by atoms with Gasteiger partial charge in [0.2, 0.25) is 11.8 Å². The van der Waals surface area contributed by atoms with E-state index < -0.39 is 11.7 Å². The Morgan fingerprint density at radius 1 is 1.18 bits per heavy atom. The number of nitrogen functional groups attached to an aromatic ring is 1. The molecule has 0 saturated heterocycles. The molecule has 0 spiro atoms. The molecule has 0 fully saturated rings. The summed E-state index contributed by atoms with van der Waals surface area (Å²) >= 11 is 0. The van der Waals surface area contributed by atoms with Gasteiger partial charge in [0, 0.05) is 17.1 Å². The Kier molecular flexibility index (Phi) is 3.12. The van der Waals surface area contributed by atoms with Gasteiger partial charge in [0.25, 0.3) is 0 Å². The summed E-state index contributed by atoms with van der Waals surface area (Å²) in [4.78, 5) is 7.71. The third kappa shape index (κ3) is 2.30. The third-order valence-corrected chi connectivity index (χ3v) is 3.14. The van der Waals surface area contributed by atoms with Crippen LogP contribution in [-0.4, -0.2) is 27.3 Å². The molecule has 3 aromatic rings. The SMILES string of the molecule is COc1nc(N)ncc1-c1cc(C(F)(F)F)cc2[nH]ncc12. The molecule has 22 heavy (non-hydrogen) atoms. The number of alkyl halides is 3. The summed E-state index contributed by atoms with van der Waals surface area (Å²) < 4.78 is 44.2. The molecule has 0 saturated carbocycles. The lowest BCUT2D eigenvalue weighted by atomic mass is 10.0. The van der Waals surface area contributed by atoms with Gasteiger partial charge in [0.15, 0.2) is 0 Å². The number of hydrogen-bond donors (Lipinski definition) is 2. The van der Waals surface area contributed by atoms with Crippen molar-refractivity contribution in [1.29, 1.82) is 0 Å². The zero-order valence-corrected chi connectivity index (χ0v) is 11.3. The molecule has 3 rings (SSSR count). The van der Waals surface area contributed by atoms with Gasteiger partial charge >= 0.3 is 6.18 Å². The van der Waals surface area contributed by atoms with Gasteiger partial charge in [-0.05, 0) is 12.1 Å². The van der Waals surface area contributed by atoms with Crippen molar-refractivity contribution in [2.75, 3.05) is 12.8 Å². The highest BCUT2D eigenvalue weighted by Crippen LogP contribution is 2.38. The average Bonchev–Trinajstić information content (AvgIpc) is 2.93. The number of H-pyrrole nitrogens is 1. The summed E-state index contributed by atoms with van der Waals surface area (Å²) in [6.45, 7) is 0. The van der Waals surface area contributed by atoms with Crippen LogP contribution in [0.5, 0.6) is 5.88 Å². The van der Waals surface area contributed by atoms with Crippen LogP contribution in [0.4, 0.5) is 19.1 Å². The van der Waals surface area contributed by atoms with Crippen LogP contribution in [0.15, 0.2) is 24.5 Å². The molecule has 0 aliphatic rings. The first-order valence-electron chi connectivity index (χ1n) is 6.11. The van der Waals surface area contributed by atoms with Crippen molar-refractivity contribution in [1.82, 2.24) is 20.2 Å². The number of fused-ring (bicyclic) bond motifs is 1. The minimum Gasteiger partial charge on any atom is -0.480 e. The minimum atomic E-state index is -4.49. The molecule has 0 aliphatic carbocycles.